The Morgan fingerprint density at radius 1 is 0.867 bits per heavy atom. The monoisotopic (exact) mass is 209 g/mol. The molecular weight excluding hydrogens is 180 g/mol. The molecule has 1 aliphatic rings. The fourth-order valence-corrected chi connectivity index (χ4v) is 2.63. The molecule has 0 heteroatoms. The molecule has 0 aromatic carbocycles. The lowest BCUT2D eigenvalue weighted by atomic mass is 9.73. The van der Waals surface area contributed by atoms with Crippen molar-refractivity contribution in [2.45, 2.75) is 78.1 Å². The molecule has 2 atom stereocenters. The van der Waals surface area contributed by atoms with Gasteiger partial charge in [-0.2, -0.15) is 0 Å². The van der Waals surface area contributed by atoms with Gasteiger partial charge in [-0.1, -0.05) is 71.6 Å². The smallest absolute Gasteiger partial charge is 0.0300 e. The van der Waals surface area contributed by atoms with E-state index < -0.39 is 0 Å². The summed E-state index contributed by atoms with van der Waals surface area (Å²) < 4.78 is 0. The van der Waals surface area contributed by atoms with Gasteiger partial charge in [-0.25, -0.2) is 0 Å². The molecule has 0 bridgehead atoms. The topological polar surface area (TPSA) is 0 Å². The Hall–Kier alpha value is 0. The predicted molar refractivity (Wildman–Crippen MR) is 68.8 cm³/mol. The zero-order valence-corrected chi connectivity index (χ0v) is 10.9. The summed E-state index contributed by atoms with van der Waals surface area (Å²) >= 11 is 0. The van der Waals surface area contributed by atoms with E-state index in [0.29, 0.717) is 5.41 Å². The first-order chi connectivity index (χ1) is 7.13. The maximum Gasteiger partial charge on any atom is -0.0300 e. The number of hydrogen-bond acceptors (Lipinski definition) is 0. The molecule has 1 fully saturated rings. The van der Waals surface area contributed by atoms with Gasteiger partial charge in [-0.3, -0.25) is 0 Å². The zero-order valence-electron chi connectivity index (χ0n) is 10.9. The van der Waals surface area contributed by atoms with Crippen molar-refractivity contribution in [3.05, 3.63) is 6.92 Å². The normalized spacial score (nSPS) is 30.2. The quantitative estimate of drug-likeness (QED) is 0.502. The van der Waals surface area contributed by atoms with Crippen LogP contribution in [0.5, 0.6) is 0 Å². The summed E-state index contributed by atoms with van der Waals surface area (Å²) in [5, 5.41) is 0. The Bertz CT molecular complexity index is 157. The highest BCUT2D eigenvalue weighted by molar-refractivity contribution is 4.82. The maximum atomic E-state index is 4.44. The van der Waals surface area contributed by atoms with E-state index in [1.807, 2.05) is 0 Å². The molecule has 0 aromatic rings. The molecule has 0 amide bonds. The molecule has 0 spiro atoms. The molecule has 15 heavy (non-hydrogen) atoms. The van der Waals surface area contributed by atoms with Crippen molar-refractivity contribution >= 4 is 0 Å². The third kappa shape index (κ3) is 5.04. The van der Waals surface area contributed by atoms with Crippen LogP contribution in [0.15, 0.2) is 0 Å². The second-order valence-corrected chi connectivity index (χ2v) is 5.92. The molecule has 0 N–H and O–H groups in total. The lowest BCUT2D eigenvalue weighted by Crippen LogP contribution is -2.22. The molecule has 0 saturated heterocycles. The molecule has 0 nitrogen and oxygen atoms in total. The van der Waals surface area contributed by atoms with Gasteiger partial charge in [0.25, 0.3) is 0 Å². The zero-order chi connectivity index (χ0) is 11.1. The molecular formula is C15H29. The van der Waals surface area contributed by atoms with E-state index in [1.54, 1.807) is 0 Å². The Morgan fingerprint density at radius 2 is 1.33 bits per heavy atom. The van der Waals surface area contributed by atoms with E-state index in [1.165, 1.54) is 64.2 Å². The first-order valence-corrected chi connectivity index (χ1v) is 6.98. The third-order valence-corrected chi connectivity index (χ3v) is 4.32. The molecule has 0 aliphatic heterocycles. The van der Waals surface area contributed by atoms with E-state index in [2.05, 4.69) is 20.8 Å². The Kier molecular flexibility index (Phi) is 5.71. The molecule has 1 aliphatic carbocycles. The fraction of sp³-hybridized carbons (Fsp3) is 0.933. The van der Waals surface area contributed by atoms with Crippen molar-refractivity contribution in [3.8, 4) is 0 Å². The first kappa shape index (κ1) is 13.1. The number of hydrogen-bond donors (Lipinski definition) is 0. The first-order valence-electron chi connectivity index (χ1n) is 6.98. The van der Waals surface area contributed by atoms with Gasteiger partial charge in [0.2, 0.25) is 0 Å². The minimum Gasteiger partial charge on any atom is -0.0620 e. The third-order valence-electron chi connectivity index (χ3n) is 4.32. The van der Waals surface area contributed by atoms with Crippen LogP contribution in [-0.4, -0.2) is 0 Å². The molecule has 1 rings (SSSR count). The van der Waals surface area contributed by atoms with E-state index in [-0.39, 0.29) is 0 Å². The summed E-state index contributed by atoms with van der Waals surface area (Å²) in [5.41, 5.74) is 0.333. The van der Waals surface area contributed by atoms with Crippen LogP contribution in [0.25, 0.3) is 0 Å². The summed E-state index contributed by atoms with van der Waals surface area (Å²) in [6.45, 7) is 9.20. The lowest BCUT2D eigenvalue weighted by Gasteiger charge is -2.32. The van der Waals surface area contributed by atoms with Crippen molar-refractivity contribution in [2.24, 2.45) is 11.3 Å². The van der Waals surface area contributed by atoms with Crippen molar-refractivity contribution in [3.63, 3.8) is 0 Å². The average Bonchev–Trinajstić information content (AvgIpc) is 2.18. The highest BCUT2D eigenvalue weighted by Crippen LogP contribution is 2.35. The minimum atomic E-state index is 0.333. The summed E-state index contributed by atoms with van der Waals surface area (Å²) in [6.07, 6.45) is 14.2. The Morgan fingerprint density at radius 3 is 1.93 bits per heavy atom. The summed E-state index contributed by atoms with van der Waals surface area (Å²) in [7, 11) is 0. The summed E-state index contributed by atoms with van der Waals surface area (Å²) in [6, 6.07) is 0. The molecule has 1 radical (unpaired) electrons. The van der Waals surface area contributed by atoms with Gasteiger partial charge >= 0.3 is 0 Å². The molecule has 0 aromatic heterocycles. The second-order valence-electron chi connectivity index (χ2n) is 5.92. The van der Waals surface area contributed by atoms with Crippen LogP contribution >= 0.6 is 0 Å². The van der Waals surface area contributed by atoms with Gasteiger partial charge in [-0.15, -0.1) is 0 Å². The molecule has 89 valence electrons. The van der Waals surface area contributed by atoms with Gasteiger partial charge in [0.15, 0.2) is 0 Å². The highest BCUT2D eigenvalue weighted by atomic mass is 14.3. The van der Waals surface area contributed by atoms with Gasteiger partial charge in [0.05, 0.1) is 0 Å². The van der Waals surface area contributed by atoms with Gasteiger partial charge in [0.1, 0.15) is 0 Å². The average molecular weight is 209 g/mol. The SMILES string of the molecule is [CH2]C1(C)CCCCCCCCCCC1C. The van der Waals surface area contributed by atoms with Gasteiger partial charge < -0.3 is 0 Å². The van der Waals surface area contributed by atoms with E-state index in [0.717, 1.165) is 5.92 Å². The minimum absolute atomic E-state index is 0.333. The van der Waals surface area contributed by atoms with Crippen LogP contribution < -0.4 is 0 Å². The molecule has 0 heterocycles. The van der Waals surface area contributed by atoms with Crippen molar-refractivity contribution < 1.29 is 0 Å². The fourth-order valence-electron chi connectivity index (χ4n) is 2.63. The van der Waals surface area contributed by atoms with Crippen molar-refractivity contribution in [1.29, 1.82) is 0 Å². The van der Waals surface area contributed by atoms with E-state index in [9.17, 15) is 0 Å². The highest BCUT2D eigenvalue weighted by Gasteiger charge is 2.24. The summed E-state index contributed by atoms with van der Waals surface area (Å²) in [5.74, 6) is 0.803. The lowest BCUT2D eigenvalue weighted by molar-refractivity contribution is 0.222. The van der Waals surface area contributed by atoms with Crippen molar-refractivity contribution in [1.82, 2.24) is 0 Å². The van der Waals surface area contributed by atoms with Gasteiger partial charge in [0, 0.05) is 0 Å². The molecule has 1 saturated carbocycles. The van der Waals surface area contributed by atoms with E-state index in [4.69, 9.17) is 0 Å². The standard InChI is InChI=1S/C15H29/c1-14-12-10-8-6-4-5-7-9-11-13-15(14,2)3/h14H,2,4-13H2,1,3H3. The van der Waals surface area contributed by atoms with Crippen LogP contribution in [0.4, 0.5) is 0 Å². The molecule has 2 unspecified atom stereocenters. The predicted octanol–water partition coefficient (Wildman–Crippen LogP) is 5.38. The number of rotatable bonds is 0. The van der Waals surface area contributed by atoms with Crippen LogP contribution in [0.3, 0.4) is 0 Å². The van der Waals surface area contributed by atoms with Crippen LogP contribution in [0.2, 0.25) is 0 Å². The van der Waals surface area contributed by atoms with Crippen molar-refractivity contribution in [2.75, 3.05) is 0 Å². The largest absolute Gasteiger partial charge is 0.0620 e. The summed E-state index contributed by atoms with van der Waals surface area (Å²) in [4.78, 5) is 0. The Labute approximate surface area is 96.8 Å². The Balaban J connectivity index is 2.38. The second kappa shape index (κ2) is 6.55. The van der Waals surface area contributed by atoms with E-state index >= 15 is 0 Å². The van der Waals surface area contributed by atoms with Crippen LogP contribution in [0.1, 0.15) is 78.1 Å². The van der Waals surface area contributed by atoms with Gasteiger partial charge in [-0.05, 0) is 24.7 Å². The maximum absolute atomic E-state index is 4.44. The van der Waals surface area contributed by atoms with Crippen LogP contribution in [0, 0.1) is 18.3 Å². The van der Waals surface area contributed by atoms with Crippen LogP contribution in [-0.2, 0) is 0 Å².